The van der Waals surface area contributed by atoms with Crippen molar-refractivity contribution in [2.45, 2.75) is 12.6 Å². The largest absolute Gasteiger partial charge is 0.468 e. The Morgan fingerprint density at radius 3 is 2.38 bits per heavy atom. The SMILES string of the molecule is Clc1ccc(OCOC(Cn2ccnc2)c2ccc(Cl)cc2Cl)cc1.O=[N+]([O-])O. The van der Waals surface area contributed by atoms with E-state index in [0.29, 0.717) is 27.4 Å². The number of aromatic nitrogens is 2. The van der Waals surface area contributed by atoms with Gasteiger partial charge in [-0.05, 0) is 36.4 Å². The molecule has 1 unspecified atom stereocenters. The first kappa shape index (κ1) is 22.8. The van der Waals surface area contributed by atoms with Crippen LogP contribution in [0.2, 0.25) is 15.1 Å². The quantitative estimate of drug-likeness (QED) is 0.292. The van der Waals surface area contributed by atoms with Crippen molar-refractivity contribution in [3.8, 4) is 5.75 Å². The minimum atomic E-state index is -1.50. The lowest BCUT2D eigenvalue weighted by molar-refractivity contribution is -0.742. The van der Waals surface area contributed by atoms with Gasteiger partial charge in [-0.25, -0.2) is 4.98 Å². The normalized spacial score (nSPS) is 11.3. The Bertz CT molecular complexity index is 904. The van der Waals surface area contributed by atoms with E-state index in [0.717, 1.165) is 5.56 Å². The number of imidazole rings is 1. The highest BCUT2D eigenvalue weighted by Crippen LogP contribution is 2.30. The number of halogens is 3. The molecule has 0 bridgehead atoms. The Morgan fingerprint density at radius 2 is 1.79 bits per heavy atom. The number of hydrogen-bond acceptors (Lipinski definition) is 5. The predicted molar refractivity (Wildman–Crippen MR) is 108 cm³/mol. The smallest absolute Gasteiger partial charge is 0.291 e. The molecular weight excluding hydrogens is 445 g/mol. The van der Waals surface area contributed by atoms with Crippen molar-refractivity contribution in [3.05, 3.63) is 91.9 Å². The molecule has 0 amide bonds. The van der Waals surface area contributed by atoms with E-state index in [-0.39, 0.29) is 12.9 Å². The summed E-state index contributed by atoms with van der Waals surface area (Å²) in [5, 5.41) is 15.4. The molecule has 0 aliphatic rings. The van der Waals surface area contributed by atoms with E-state index in [2.05, 4.69) is 4.98 Å². The first-order chi connectivity index (χ1) is 13.8. The van der Waals surface area contributed by atoms with Gasteiger partial charge < -0.3 is 19.2 Å². The van der Waals surface area contributed by atoms with Gasteiger partial charge in [-0.2, -0.15) is 0 Å². The zero-order valence-electron chi connectivity index (χ0n) is 14.8. The van der Waals surface area contributed by atoms with Gasteiger partial charge in [0.2, 0.25) is 0 Å². The van der Waals surface area contributed by atoms with E-state index in [1.165, 1.54) is 0 Å². The molecule has 1 aromatic heterocycles. The monoisotopic (exact) mass is 459 g/mol. The third-order valence-electron chi connectivity index (χ3n) is 3.55. The summed E-state index contributed by atoms with van der Waals surface area (Å²) in [6.45, 7) is 0.616. The standard InChI is InChI=1S/C18H15Cl3N2O2.HNO3/c19-13-1-4-15(5-2-13)24-12-25-18(10-23-8-7-22-11-23)16-6-3-14(20)9-17(16)21;2-1(3)4/h1-9,11,18H,10,12H2;(H,2,3,4). The minimum absolute atomic E-state index is 0.0694. The molecule has 2 aromatic carbocycles. The Kier molecular flexibility index (Phi) is 9.01. The molecule has 0 aliphatic heterocycles. The third-order valence-corrected chi connectivity index (χ3v) is 4.37. The van der Waals surface area contributed by atoms with Crippen molar-refractivity contribution in [1.82, 2.24) is 9.55 Å². The summed E-state index contributed by atoms with van der Waals surface area (Å²) in [6, 6.07) is 12.4. The second-order valence-electron chi connectivity index (χ2n) is 5.53. The average Bonchev–Trinajstić information content (AvgIpc) is 3.15. The molecule has 0 fully saturated rings. The predicted octanol–water partition coefficient (Wildman–Crippen LogP) is 5.29. The van der Waals surface area contributed by atoms with E-state index in [4.69, 9.17) is 59.6 Å². The Morgan fingerprint density at radius 1 is 1.14 bits per heavy atom. The number of benzene rings is 2. The first-order valence-electron chi connectivity index (χ1n) is 8.09. The fourth-order valence-electron chi connectivity index (χ4n) is 2.30. The van der Waals surface area contributed by atoms with Crippen LogP contribution in [-0.4, -0.2) is 26.6 Å². The Labute approximate surface area is 181 Å². The molecule has 8 nitrogen and oxygen atoms in total. The summed E-state index contributed by atoms with van der Waals surface area (Å²) in [6.07, 6.45) is 4.98. The lowest BCUT2D eigenvalue weighted by atomic mass is 10.1. The summed E-state index contributed by atoms with van der Waals surface area (Å²) in [4.78, 5) is 12.4. The van der Waals surface area contributed by atoms with Gasteiger partial charge in [0.05, 0.1) is 12.9 Å². The molecule has 3 aromatic rings. The molecule has 0 saturated carbocycles. The van der Waals surface area contributed by atoms with Crippen molar-refractivity contribution in [2.24, 2.45) is 0 Å². The van der Waals surface area contributed by atoms with Crippen LogP contribution < -0.4 is 4.74 Å². The molecule has 0 spiro atoms. The van der Waals surface area contributed by atoms with Gasteiger partial charge in [0, 0.05) is 33.0 Å². The number of nitrogens with zero attached hydrogens (tertiary/aromatic N) is 3. The summed E-state index contributed by atoms with van der Waals surface area (Å²) in [5.41, 5.74) is 0.833. The van der Waals surface area contributed by atoms with E-state index >= 15 is 0 Å². The van der Waals surface area contributed by atoms with Crippen LogP contribution in [-0.2, 0) is 11.3 Å². The first-order valence-corrected chi connectivity index (χ1v) is 9.22. The molecule has 29 heavy (non-hydrogen) atoms. The molecule has 0 aliphatic carbocycles. The van der Waals surface area contributed by atoms with Crippen molar-refractivity contribution in [2.75, 3.05) is 6.79 Å². The van der Waals surface area contributed by atoms with Crippen LogP contribution in [0.25, 0.3) is 0 Å². The number of rotatable bonds is 7. The van der Waals surface area contributed by atoms with Gasteiger partial charge in [-0.15, -0.1) is 10.1 Å². The second kappa shape index (κ2) is 11.5. The maximum atomic E-state index is 8.36. The zero-order valence-corrected chi connectivity index (χ0v) is 17.1. The highest BCUT2D eigenvalue weighted by molar-refractivity contribution is 6.35. The van der Waals surface area contributed by atoms with Gasteiger partial charge in [-0.3, -0.25) is 0 Å². The maximum absolute atomic E-state index is 8.36. The van der Waals surface area contributed by atoms with Crippen molar-refractivity contribution < 1.29 is 19.8 Å². The van der Waals surface area contributed by atoms with Crippen LogP contribution in [0.15, 0.2) is 61.2 Å². The lowest BCUT2D eigenvalue weighted by Gasteiger charge is -2.20. The molecule has 0 radical (unpaired) electrons. The fourth-order valence-corrected chi connectivity index (χ4v) is 2.96. The topological polar surface area (TPSA) is 99.7 Å². The van der Waals surface area contributed by atoms with Crippen LogP contribution in [0.4, 0.5) is 0 Å². The number of hydrogen-bond donors (Lipinski definition) is 1. The van der Waals surface area contributed by atoms with E-state index in [1.807, 2.05) is 16.8 Å². The average molecular weight is 461 g/mol. The van der Waals surface area contributed by atoms with Crippen LogP contribution in [0.1, 0.15) is 11.7 Å². The molecule has 1 atom stereocenters. The lowest BCUT2D eigenvalue weighted by Crippen LogP contribution is -2.15. The highest BCUT2D eigenvalue weighted by Gasteiger charge is 2.17. The molecule has 1 heterocycles. The highest BCUT2D eigenvalue weighted by atomic mass is 35.5. The second-order valence-corrected chi connectivity index (χ2v) is 6.81. The molecule has 154 valence electrons. The molecule has 3 rings (SSSR count). The molecule has 11 heteroatoms. The third kappa shape index (κ3) is 8.16. The molecule has 0 saturated heterocycles. The van der Waals surface area contributed by atoms with Gasteiger partial charge in [0.25, 0.3) is 5.09 Å². The van der Waals surface area contributed by atoms with Crippen molar-refractivity contribution >= 4 is 34.8 Å². The zero-order chi connectivity index (χ0) is 21.2. The van der Waals surface area contributed by atoms with Crippen LogP contribution >= 0.6 is 34.8 Å². The van der Waals surface area contributed by atoms with E-state index in [9.17, 15) is 0 Å². The van der Waals surface area contributed by atoms with Gasteiger partial charge >= 0.3 is 0 Å². The fraction of sp³-hybridized carbons (Fsp3) is 0.167. The van der Waals surface area contributed by atoms with Crippen LogP contribution in [0.5, 0.6) is 5.75 Å². The van der Waals surface area contributed by atoms with Gasteiger partial charge in [-0.1, -0.05) is 40.9 Å². The van der Waals surface area contributed by atoms with Crippen molar-refractivity contribution in [3.63, 3.8) is 0 Å². The molecule has 1 N–H and O–H groups in total. The van der Waals surface area contributed by atoms with Crippen LogP contribution in [0, 0.1) is 10.1 Å². The van der Waals surface area contributed by atoms with Crippen LogP contribution in [0.3, 0.4) is 0 Å². The number of ether oxygens (including phenoxy) is 2. The van der Waals surface area contributed by atoms with E-state index < -0.39 is 5.09 Å². The summed E-state index contributed by atoms with van der Waals surface area (Å²) < 4.78 is 13.5. The molecular formula is C18H16Cl3N3O5. The maximum Gasteiger partial charge on any atom is 0.291 e. The Hall–Kier alpha value is -2.52. The van der Waals surface area contributed by atoms with Gasteiger partial charge in [0.15, 0.2) is 6.79 Å². The summed E-state index contributed by atoms with van der Waals surface area (Å²) >= 11 is 18.2. The minimum Gasteiger partial charge on any atom is -0.468 e. The summed E-state index contributed by atoms with van der Waals surface area (Å²) in [5.74, 6) is 0.674. The van der Waals surface area contributed by atoms with Gasteiger partial charge in [0.1, 0.15) is 11.9 Å². The van der Waals surface area contributed by atoms with Crippen molar-refractivity contribution in [1.29, 1.82) is 0 Å². The van der Waals surface area contributed by atoms with E-state index in [1.54, 1.807) is 48.9 Å². The summed E-state index contributed by atoms with van der Waals surface area (Å²) in [7, 11) is 0. The Balaban J connectivity index is 0.000000687.